The number of rotatable bonds is 10. The van der Waals surface area contributed by atoms with E-state index in [2.05, 4.69) is 16.2 Å². The standard InChI is InChI=1S/C24H27N3O5/c28-21(14-15-22(29)32-16-4-7-17-5-2-1-3-6-17)26-27-24(31)19-10-12-20(13-11-19)25-23(30)18-8-9-18/h1-3,5-6,10-13,18H,4,7-9,14-16H2,(H,25,30)(H,26,28)(H,27,31). The van der Waals surface area contributed by atoms with E-state index in [1.54, 1.807) is 24.3 Å². The average Bonchev–Trinajstić information content (AvgIpc) is 3.66. The molecule has 1 aliphatic rings. The van der Waals surface area contributed by atoms with Crippen molar-refractivity contribution in [1.29, 1.82) is 0 Å². The highest BCUT2D eigenvalue weighted by molar-refractivity contribution is 5.97. The number of ether oxygens (including phenoxy) is 1. The lowest BCUT2D eigenvalue weighted by atomic mass is 10.1. The summed E-state index contributed by atoms with van der Waals surface area (Å²) in [7, 11) is 0. The molecule has 1 fully saturated rings. The second-order valence-corrected chi connectivity index (χ2v) is 7.65. The van der Waals surface area contributed by atoms with Crippen molar-refractivity contribution in [1.82, 2.24) is 10.9 Å². The minimum Gasteiger partial charge on any atom is -0.466 e. The highest BCUT2D eigenvalue weighted by Crippen LogP contribution is 2.30. The fourth-order valence-electron chi connectivity index (χ4n) is 2.95. The zero-order valence-corrected chi connectivity index (χ0v) is 17.8. The molecule has 0 aliphatic heterocycles. The SMILES string of the molecule is O=C(CCC(=O)OCCCc1ccccc1)NNC(=O)c1ccc(NC(=O)C2CC2)cc1. The Kier molecular flexibility index (Phi) is 8.36. The predicted octanol–water partition coefficient (Wildman–Crippen LogP) is 2.75. The smallest absolute Gasteiger partial charge is 0.306 e. The van der Waals surface area contributed by atoms with Crippen molar-refractivity contribution in [2.24, 2.45) is 5.92 Å². The second-order valence-electron chi connectivity index (χ2n) is 7.65. The van der Waals surface area contributed by atoms with E-state index in [1.165, 1.54) is 5.56 Å². The van der Waals surface area contributed by atoms with Gasteiger partial charge in [0, 0.05) is 23.6 Å². The van der Waals surface area contributed by atoms with Gasteiger partial charge in [0.2, 0.25) is 11.8 Å². The Morgan fingerprint density at radius 1 is 0.875 bits per heavy atom. The molecule has 0 heterocycles. The van der Waals surface area contributed by atoms with Crippen molar-refractivity contribution in [2.45, 2.75) is 38.5 Å². The fraction of sp³-hybridized carbons (Fsp3) is 0.333. The molecule has 0 radical (unpaired) electrons. The Hall–Kier alpha value is -3.68. The average molecular weight is 437 g/mol. The summed E-state index contributed by atoms with van der Waals surface area (Å²) in [6, 6.07) is 16.3. The monoisotopic (exact) mass is 437 g/mol. The summed E-state index contributed by atoms with van der Waals surface area (Å²) < 4.78 is 5.13. The van der Waals surface area contributed by atoms with Crippen LogP contribution >= 0.6 is 0 Å². The highest BCUT2D eigenvalue weighted by Gasteiger charge is 2.29. The Balaban J connectivity index is 1.28. The molecule has 0 saturated heterocycles. The Morgan fingerprint density at radius 2 is 1.59 bits per heavy atom. The third-order valence-corrected chi connectivity index (χ3v) is 4.95. The van der Waals surface area contributed by atoms with Crippen LogP contribution in [0.25, 0.3) is 0 Å². The van der Waals surface area contributed by atoms with E-state index in [0.717, 1.165) is 19.3 Å². The number of benzene rings is 2. The van der Waals surface area contributed by atoms with Crippen molar-refractivity contribution in [3.05, 3.63) is 65.7 Å². The van der Waals surface area contributed by atoms with Crippen LogP contribution in [-0.4, -0.2) is 30.3 Å². The van der Waals surface area contributed by atoms with Crippen LogP contribution < -0.4 is 16.2 Å². The molecule has 3 rings (SSSR count). The van der Waals surface area contributed by atoms with Gasteiger partial charge in [0.15, 0.2) is 0 Å². The minimum atomic E-state index is -0.498. The molecule has 0 unspecified atom stereocenters. The molecule has 3 N–H and O–H groups in total. The van der Waals surface area contributed by atoms with Crippen LogP contribution in [-0.2, 0) is 25.5 Å². The van der Waals surface area contributed by atoms with Crippen molar-refractivity contribution in [3.8, 4) is 0 Å². The molecule has 8 heteroatoms. The van der Waals surface area contributed by atoms with E-state index in [1.807, 2.05) is 30.3 Å². The van der Waals surface area contributed by atoms with Gasteiger partial charge >= 0.3 is 5.97 Å². The first-order chi connectivity index (χ1) is 15.5. The van der Waals surface area contributed by atoms with E-state index in [4.69, 9.17) is 4.74 Å². The van der Waals surface area contributed by atoms with Gasteiger partial charge in [-0.15, -0.1) is 0 Å². The molecule has 32 heavy (non-hydrogen) atoms. The largest absolute Gasteiger partial charge is 0.466 e. The first-order valence-corrected chi connectivity index (χ1v) is 10.7. The molecule has 0 atom stereocenters. The number of amides is 3. The molecule has 2 aromatic carbocycles. The summed E-state index contributed by atoms with van der Waals surface area (Å²) in [5.41, 5.74) is 6.70. The Labute approximate surface area is 186 Å². The van der Waals surface area contributed by atoms with E-state index < -0.39 is 17.8 Å². The molecule has 0 bridgehead atoms. The van der Waals surface area contributed by atoms with Crippen molar-refractivity contribution in [2.75, 3.05) is 11.9 Å². The number of aryl methyl sites for hydroxylation is 1. The maximum atomic E-state index is 12.1. The van der Waals surface area contributed by atoms with Gasteiger partial charge in [-0.05, 0) is 55.5 Å². The zero-order valence-electron chi connectivity index (χ0n) is 17.8. The maximum absolute atomic E-state index is 12.1. The molecule has 0 aromatic heterocycles. The normalized spacial score (nSPS) is 12.5. The molecule has 1 saturated carbocycles. The lowest BCUT2D eigenvalue weighted by Crippen LogP contribution is -2.41. The predicted molar refractivity (Wildman–Crippen MR) is 118 cm³/mol. The van der Waals surface area contributed by atoms with Crippen LogP contribution in [0.2, 0.25) is 0 Å². The van der Waals surface area contributed by atoms with E-state index in [9.17, 15) is 19.2 Å². The number of esters is 1. The van der Waals surface area contributed by atoms with Gasteiger partial charge in [-0.2, -0.15) is 0 Å². The van der Waals surface area contributed by atoms with Crippen LogP contribution in [0, 0.1) is 5.92 Å². The third kappa shape index (κ3) is 7.86. The number of hydrogen-bond donors (Lipinski definition) is 3. The van der Waals surface area contributed by atoms with Crippen molar-refractivity contribution >= 4 is 29.4 Å². The Bertz CT molecular complexity index is 940. The molecule has 8 nitrogen and oxygen atoms in total. The van der Waals surface area contributed by atoms with E-state index in [-0.39, 0.29) is 24.7 Å². The van der Waals surface area contributed by atoms with Gasteiger partial charge in [-0.1, -0.05) is 30.3 Å². The summed E-state index contributed by atoms with van der Waals surface area (Å²) in [4.78, 5) is 47.5. The quantitative estimate of drug-likeness (QED) is 0.300. The number of hydrazine groups is 1. The molecule has 1 aliphatic carbocycles. The summed E-state index contributed by atoms with van der Waals surface area (Å²) in [6.07, 6.45) is 3.19. The second kappa shape index (κ2) is 11.6. The number of hydrogen-bond acceptors (Lipinski definition) is 5. The summed E-state index contributed by atoms with van der Waals surface area (Å²) >= 11 is 0. The van der Waals surface area contributed by atoms with Gasteiger partial charge in [0.05, 0.1) is 13.0 Å². The highest BCUT2D eigenvalue weighted by atomic mass is 16.5. The van der Waals surface area contributed by atoms with Crippen LogP contribution in [0.4, 0.5) is 5.69 Å². The molecule has 168 valence electrons. The first kappa shape index (κ1) is 23.0. The van der Waals surface area contributed by atoms with Crippen LogP contribution in [0.5, 0.6) is 0 Å². The van der Waals surface area contributed by atoms with Crippen molar-refractivity contribution in [3.63, 3.8) is 0 Å². The number of carbonyl (C=O) groups is 4. The Morgan fingerprint density at radius 3 is 2.28 bits per heavy atom. The third-order valence-electron chi connectivity index (χ3n) is 4.95. The van der Waals surface area contributed by atoms with Crippen LogP contribution in [0.3, 0.4) is 0 Å². The molecular formula is C24H27N3O5. The van der Waals surface area contributed by atoms with Crippen LogP contribution in [0.15, 0.2) is 54.6 Å². The molecular weight excluding hydrogens is 410 g/mol. The topological polar surface area (TPSA) is 114 Å². The lowest BCUT2D eigenvalue weighted by molar-refractivity contribution is -0.145. The summed E-state index contributed by atoms with van der Waals surface area (Å²) in [5, 5.41) is 2.79. The first-order valence-electron chi connectivity index (χ1n) is 10.7. The summed E-state index contributed by atoms with van der Waals surface area (Å²) in [5.74, 6) is -1.36. The molecule has 3 amide bonds. The lowest BCUT2D eigenvalue weighted by Gasteiger charge is -2.09. The van der Waals surface area contributed by atoms with Gasteiger partial charge < -0.3 is 10.1 Å². The van der Waals surface area contributed by atoms with E-state index >= 15 is 0 Å². The number of nitrogens with one attached hydrogen (secondary N) is 3. The summed E-state index contributed by atoms with van der Waals surface area (Å²) in [6.45, 7) is 0.295. The zero-order chi connectivity index (χ0) is 22.8. The fourth-order valence-corrected chi connectivity index (χ4v) is 2.95. The maximum Gasteiger partial charge on any atom is 0.306 e. The van der Waals surface area contributed by atoms with Gasteiger partial charge in [-0.25, -0.2) is 0 Å². The number of carbonyl (C=O) groups excluding carboxylic acids is 4. The van der Waals surface area contributed by atoms with Gasteiger partial charge in [-0.3, -0.25) is 30.0 Å². The van der Waals surface area contributed by atoms with Gasteiger partial charge in [0.1, 0.15) is 0 Å². The number of anilines is 1. The molecule has 0 spiro atoms. The van der Waals surface area contributed by atoms with Crippen molar-refractivity contribution < 1.29 is 23.9 Å². The van der Waals surface area contributed by atoms with Gasteiger partial charge in [0.25, 0.3) is 5.91 Å². The van der Waals surface area contributed by atoms with Crippen LogP contribution in [0.1, 0.15) is 48.0 Å². The van der Waals surface area contributed by atoms with E-state index in [0.29, 0.717) is 24.3 Å². The molecule has 2 aromatic rings. The minimum absolute atomic E-state index is 0.0100.